The number of nitrogens with zero attached hydrogens (tertiary/aromatic N) is 3. The van der Waals surface area contributed by atoms with Crippen molar-refractivity contribution in [2.45, 2.75) is 20.3 Å². The number of nitrogens with one attached hydrogen (secondary N) is 2. The molecule has 2 aliphatic heterocycles. The van der Waals surface area contributed by atoms with Crippen LogP contribution >= 0.6 is 0 Å². The third kappa shape index (κ3) is 5.76. The summed E-state index contributed by atoms with van der Waals surface area (Å²) in [6, 6.07) is 5.86. The quantitative estimate of drug-likeness (QED) is 0.585. The molecule has 0 unspecified atom stereocenters. The Morgan fingerprint density at radius 3 is 2.61 bits per heavy atom. The van der Waals surface area contributed by atoms with Crippen LogP contribution in [0.15, 0.2) is 23.2 Å². The van der Waals surface area contributed by atoms with Crippen LogP contribution in [0.2, 0.25) is 0 Å². The van der Waals surface area contributed by atoms with E-state index in [1.807, 2.05) is 30.0 Å². The van der Waals surface area contributed by atoms with Gasteiger partial charge < -0.3 is 25.0 Å². The summed E-state index contributed by atoms with van der Waals surface area (Å²) >= 11 is 0. The number of piperazine rings is 1. The average molecular weight is 390 g/mol. The SMILES string of the molecule is CCNC(=NCCN1CCN(C(C)=O)CC1)Nc1ccc2c(c1)OCCCO2. The molecule has 3 rings (SSSR count). The van der Waals surface area contributed by atoms with E-state index in [9.17, 15) is 4.79 Å². The minimum atomic E-state index is 0.159. The van der Waals surface area contributed by atoms with E-state index in [1.165, 1.54) is 0 Å². The first-order chi connectivity index (χ1) is 13.7. The van der Waals surface area contributed by atoms with Crippen LogP contribution in [0.4, 0.5) is 5.69 Å². The molecule has 1 aromatic carbocycles. The van der Waals surface area contributed by atoms with Crippen LogP contribution in [0.25, 0.3) is 0 Å². The second-order valence-electron chi connectivity index (χ2n) is 6.95. The van der Waals surface area contributed by atoms with Crippen molar-refractivity contribution in [1.82, 2.24) is 15.1 Å². The fraction of sp³-hybridized carbons (Fsp3) is 0.600. The smallest absolute Gasteiger partial charge is 0.219 e. The van der Waals surface area contributed by atoms with Gasteiger partial charge in [-0.05, 0) is 19.1 Å². The third-order valence-electron chi connectivity index (χ3n) is 4.86. The molecule has 2 aliphatic rings. The highest BCUT2D eigenvalue weighted by Gasteiger charge is 2.18. The molecule has 28 heavy (non-hydrogen) atoms. The number of fused-ring (bicyclic) bond motifs is 1. The molecule has 1 saturated heterocycles. The van der Waals surface area contributed by atoms with Crippen molar-refractivity contribution < 1.29 is 14.3 Å². The molecule has 8 nitrogen and oxygen atoms in total. The van der Waals surface area contributed by atoms with Crippen LogP contribution in [0.3, 0.4) is 0 Å². The van der Waals surface area contributed by atoms with Gasteiger partial charge in [-0.25, -0.2) is 0 Å². The van der Waals surface area contributed by atoms with E-state index in [4.69, 9.17) is 9.47 Å². The molecule has 1 fully saturated rings. The molecular formula is C20H31N5O3. The van der Waals surface area contributed by atoms with Gasteiger partial charge in [-0.1, -0.05) is 0 Å². The summed E-state index contributed by atoms with van der Waals surface area (Å²) in [6.45, 7) is 10.8. The zero-order valence-electron chi connectivity index (χ0n) is 16.9. The Morgan fingerprint density at radius 2 is 1.89 bits per heavy atom. The molecule has 8 heteroatoms. The molecular weight excluding hydrogens is 358 g/mol. The van der Waals surface area contributed by atoms with Gasteiger partial charge in [-0.2, -0.15) is 0 Å². The largest absolute Gasteiger partial charge is 0.490 e. The first-order valence-electron chi connectivity index (χ1n) is 10.1. The zero-order valence-corrected chi connectivity index (χ0v) is 16.9. The van der Waals surface area contributed by atoms with E-state index in [0.29, 0.717) is 19.8 Å². The van der Waals surface area contributed by atoms with Gasteiger partial charge in [0, 0.05) is 64.4 Å². The fourth-order valence-corrected chi connectivity index (χ4v) is 3.27. The van der Waals surface area contributed by atoms with E-state index in [0.717, 1.165) is 68.8 Å². The van der Waals surface area contributed by atoms with Crippen LogP contribution in [-0.2, 0) is 4.79 Å². The Bertz CT molecular complexity index is 686. The van der Waals surface area contributed by atoms with Crippen LogP contribution in [0.5, 0.6) is 11.5 Å². The highest BCUT2D eigenvalue weighted by Crippen LogP contribution is 2.32. The third-order valence-corrected chi connectivity index (χ3v) is 4.86. The number of guanidine groups is 1. The molecule has 0 aromatic heterocycles. The van der Waals surface area contributed by atoms with Gasteiger partial charge in [0.2, 0.25) is 5.91 Å². The van der Waals surface area contributed by atoms with Crippen molar-refractivity contribution in [3.05, 3.63) is 18.2 Å². The monoisotopic (exact) mass is 389 g/mol. The van der Waals surface area contributed by atoms with Crippen molar-refractivity contribution in [1.29, 1.82) is 0 Å². The van der Waals surface area contributed by atoms with Gasteiger partial charge in [0.25, 0.3) is 0 Å². The number of benzene rings is 1. The van der Waals surface area contributed by atoms with Gasteiger partial charge in [0.15, 0.2) is 17.5 Å². The first kappa shape index (κ1) is 20.3. The van der Waals surface area contributed by atoms with Crippen molar-refractivity contribution in [3.8, 4) is 11.5 Å². The lowest BCUT2D eigenvalue weighted by atomic mass is 10.3. The molecule has 0 aliphatic carbocycles. The minimum absolute atomic E-state index is 0.159. The summed E-state index contributed by atoms with van der Waals surface area (Å²) in [5, 5.41) is 6.62. The molecule has 0 atom stereocenters. The van der Waals surface area contributed by atoms with Gasteiger partial charge in [0.05, 0.1) is 19.8 Å². The van der Waals surface area contributed by atoms with Crippen molar-refractivity contribution in [2.24, 2.45) is 4.99 Å². The van der Waals surface area contributed by atoms with E-state index in [1.54, 1.807) is 6.92 Å². The van der Waals surface area contributed by atoms with Crippen molar-refractivity contribution >= 4 is 17.6 Å². The van der Waals surface area contributed by atoms with Crippen LogP contribution in [-0.4, -0.2) is 80.7 Å². The predicted octanol–water partition coefficient (Wildman–Crippen LogP) is 1.39. The number of amides is 1. The summed E-state index contributed by atoms with van der Waals surface area (Å²) in [5.41, 5.74) is 0.916. The van der Waals surface area contributed by atoms with Crippen LogP contribution < -0.4 is 20.1 Å². The van der Waals surface area contributed by atoms with Gasteiger partial charge in [-0.3, -0.25) is 14.7 Å². The van der Waals surface area contributed by atoms with E-state index in [2.05, 4.69) is 20.5 Å². The number of hydrogen-bond donors (Lipinski definition) is 2. The summed E-state index contributed by atoms with van der Waals surface area (Å²) in [6.07, 6.45) is 0.891. The summed E-state index contributed by atoms with van der Waals surface area (Å²) < 4.78 is 11.4. The van der Waals surface area contributed by atoms with Crippen LogP contribution in [0, 0.1) is 0 Å². The molecule has 1 aromatic rings. The Balaban J connectivity index is 1.53. The first-order valence-corrected chi connectivity index (χ1v) is 10.1. The van der Waals surface area contributed by atoms with Crippen molar-refractivity contribution in [2.75, 3.05) is 64.3 Å². The molecule has 1 amide bonds. The van der Waals surface area contributed by atoms with E-state index in [-0.39, 0.29) is 5.91 Å². The van der Waals surface area contributed by atoms with Crippen LogP contribution in [0.1, 0.15) is 20.3 Å². The predicted molar refractivity (Wildman–Crippen MR) is 110 cm³/mol. The highest BCUT2D eigenvalue weighted by atomic mass is 16.5. The Kier molecular flexibility index (Phi) is 7.36. The Labute approximate surface area is 166 Å². The summed E-state index contributed by atoms with van der Waals surface area (Å²) in [4.78, 5) is 20.3. The highest BCUT2D eigenvalue weighted by molar-refractivity contribution is 5.93. The molecule has 0 spiro atoms. The second-order valence-corrected chi connectivity index (χ2v) is 6.95. The maximum absolute atomic E-state index is 11.4. The van der Waals surface area contributed by atoms with Crippen molar-refractivity contribution in [3.63, 3.8) is 0 Å². The Morgan fingerprint density at radius 1 is 1.14 bits per heavy atom. The number of rotatable bonds is 5. The fourth-order valence-electron chi connectivity index (χ4n) is 3.27. The molecule has 154 valence electrons. The normalized spacial score (nSPS) is 17.8. The maximum Gasteiger partial charge on any atom is 0.219 e. The van der Waals surface area contributed by atoms with Gasteiger partial charge in [-0.15, -0.1) is 0 Å². The molecule has 0 radical (unpaired) electrons. The number of ether oxygens (including phenoxy) is 2. The lowest BCUT2D eigenvalue weighted by Crippen LogP contribution is -2.48. The zero-order chi connectivity index (χ0) is 19.8. The number of carbonyl (C=O) groups excluding carboxylic acids is 1. The second kappa shape index (κ2) is 10.2. The number of aliphatic imine (C=N–C) groups is 1. The average Bonchev–Trinajstić information content (AvgIpc) is 2.93. The molecule has 0 bridgehead atoms. The molecule has 2 heterocycles. The number of hydrogen-bond acceptors (Lipinski definition) is 5. The molecule has 0 saturated carbocycles. The topological polar surface area (TPSA) is 78.4 Å². The number of carbonyl (C=O) groups is 1. The van der Waals surface area contributed by atoms with E-state index < -0.39 is 0 Å². The summed E-state index contributed by atoms with van der Waals surface area (Å²) in [7, 11) is 0. The van der Waals surface area contributed by atoms with Gasteiger partial charge in [0.1, 0.15) is 0 Å². The molecule has 2 N–H and O–H groups in total. The lowest BCUT2D eigenvalue weighted by molar-refractivity contribution is -0.130. The Hall–Kier alpha value is -2.48. The minimum Gasteiger partial charge on any atom is -0.490 e. The lowest BCUT2D eigenvalue weighted by Gasteiger charge is -2.33. The standard InChI is InChI=1S/C20H31N5O3/c1-3-21-20(22-7-8-24-9-11-25(12-10-24)16(2)26)23-17-5-6-18-19(15-17)28-14-4-13-27-18/h5-6,15H,3-4,7-14H2,1-2H3,(H2,21,22,23). The summed E-state index contributed by atoms with van der Waals surface area (Å²) in [5.74, 6) is 2.46. The number of anilines is 1. The van der Waals surface area contributed by atoms with Gasteiger partial charge >= 0.3 is 0 Å². The van der Waals surface area contributed by atoms with E-state index >= 15 is 0 Å². The maximum atomic E-state index is 11.4.